The molecule has 5 nitrogen and oxygen atoms in total. The number of benzene rings is 1. The lowest BCUT2D eigenvalue weighted by atomic mass is 10.1. The van der Waals surface area contributed by atoms with Gasteiger partial charge in [-0.1, -0.05) is 6.07 Å². The maximum absolute atomic E-state index is 5.83. The fourth-order valence-electron chi connectivity index (χ4n) is 2.17. The van der Waals surface area contributed by atoms with Crippen LogP contribution in [0.3, 0.4) is 0 Å². The molecule has 0 saturated heterocycles. The number of nitrogens with zero attached hydrogens (tertiary/aromatic N) is 3. The van der Waals surface area contributed by atoms with Gasteiger partial charge in [0.05, 0.1) is 5.69 Å². The number of nitrogens with one attached hydrogen (secondary N) is 1. The fraction of sp³-hybridized carbons (Fsp3) is 0.118. The maximum Gasteiger partial charge on any atom is 0.227 e. The van der Waals surface area contributed by atoms with E-state index in [9.17, 15) is 0 Å². The van der Waals surface area contributed by atoms with Crippen LogP contribution < -0.4 is 11.1 Å². The molecule has 2 aromatic heterocycles. The predicted molar refractivity (Wildman–Crippen MR) is 88.9 cm³/mol. The number of aryl methyl sites for hydroxylation is 2. The van der Waals surface area contributed by atoms with Crippen molar-refractivity contribution in [2.75, 3.05) is 11.1 Å². The monoisotopic (exact) mass is 291 g/mol. The van der Waals surface area contributed by atoms with E-state index < -0.39 is 0 Å². The molecule has 0 radical (unpaired) electrons. The van der Waals surface area contributed by atoms with Crippen molar-refractivity contribution in [1.29, 1.82) is 0 Å². The summed E-state index contributed by atoms with van der Waals surface area (Å²) >= 11 is 0. The third-order valence-corrected chi connectivity index (χ3v) is 3.33. The molecule has 0 aliphatic heterocycles. The van der Waals surface area contributed by atoms with Crippen molar-refractivity contribution in [3.63, 3.8) is 0 Å². The average molecular weight is 291 g/mol. The first-order chi connectivity index (χ1) is 10.6. The fourth-order valence-corrected chi connectivity index (χ4v) is 2.17. The van der Waals surface area contributed by atoms with Crippen LogP contribution >= 0.6 is 0 Å². The molecular weight excluding hydrogens is 274 g/mol. The van der Waals surface area contributed by atoms with Crippen LogP contribution in [0.1, 0.15) is 11.1 Å². The second-order valence-corrected chi connectivity index (χ2v) is 5.22. The SMILES string of the molecule is Cc1cncc(-c2ccnc(Nc3cc(N)ccc3C)n2)c1. The first-order valence-corrected chi connectivity index (χ1v) is 7.00. The van der Waals surface area contributed by atoms with Crippen molar-refractivity contribution in [3.05, 3.63) is 60.0 Å². The van der Waals surface area contributed by atoms with Gasteiger partial charge in [-0.2, -0.15) is 0 Å². The third kappa shape index (κ3) is 3.03. The molecule has 22 heavy (non-hydrogen) atoms. The van der Waals surface area contributed by atoms with Crippen LogP contribution in [0, 0.1) is 13.8 Å². The number of anilines is 3. The first kappa shape index (κ1) is 14.0. The van der Waals surface area contributed by atoms with Gasteiger partial charge >= 0.3 is 0 Å². The van der Waals surface area contributed by atoms with Gasteiger partial charge in [0.25, 0.3) is 0 Å². The molecular formula is C17H17N5. The van der Waals surface area contributed by atoms with Gasteiger partial charge in [-0.3, -0.25) is 4.98 Å². The lowest BCUT2D eigenvalue weighted by molar-refractivity contribution is 1.16. The Kier molecular flexibility index (Phi) is 3.70. The number of nitrogens with two attached hydrogens (primary N) is 1. The van der Waals surface area contributed by atoms with Gasteiger partial charge in [-0.05, 0) is 49.2 Å². The van der Waals surface area contributed by atoms with E-state index in [0.29, 0.717) is 11.6 Å². The van der Waals surface area contributed by atoms with E-state index in [0.717, 1.165) is 28.1 Å². The van der Waals surface area contributed by atoms with E-state index in [2.05, 4.69) is 20.3 Å². The highest BCUT2D eigenvalue weighted by Gasteiger charge is 2.05. The highest BCUT2D eigenvalue weighted by Crippen LogP contribution is 2.23. The minimum absolute atomic E-state index is 0.535. The Bertz CT molecular complexity index is 814. The van der Waals surface area contributed by atoms with Gasteiger partial charge in [0, 0.05) is 35.5 Å². The number of hydrogen-bond donors (Lipinski definition) is 2. The number of pyridine rings is 1. The molecule has 0 fully saturated rings. The second kappa shape index (κ2) is 5.81. The lowest BCUT2D eigenvalue weighted by Gasteiger charge is -2.10. The number of nitrogen functional groups attached to an aromatic ring is 1. The second-order valence-electron chi connectivity index (χ2n) is 5.22. The summed E-state index contributed by atoms with van der Waals surface area (Å²) in [5.41, 5.74) is 11.4. The predicted octanol–water partition coefficient (Wildman–Crippen LogP) is 3.48. The smallest absolute Gasteiger partial charge is 0.227 e. The van der Waals surface area contributed by atoms with Crippen molar-refractivity contribution in [1.82, 2.24) is 15.0 Å². The summed E-state index contributed by atoms with van der Waals surface area (Å²) in [7, 11) is 0. The molecule has 0 amide bonds. The average Bonchev–Trinajstić information content (AvgIpc) is 2.51. The van der Waals surface area contributed by atoms with E-state index >= 15 is 0 Å². The Morgan fingerprint density at radius 2 is 1.91 bits per heavy atom. The molecule has 2 heterocycles. The van der Waals surface area contributed by atoms with Crippen molar-refractivity contribution < 1.29 is 0 Å². The third-order valence-electron chi connectivity index (χ3n) is 3.33. The van der Waals surface area contributed by atoms with Crippen LogP contribution in [0.25, 0.3) is 11.3 Å². The molecule has 0 aliphatic rings. The molecule has 0 bridgehead atoms. The molecule has 0 saturated carbocycles. The summed E-state index contributed by atoms with van der Waals surface area (Å²) < 4.78 is 0. The number of rotatable bonds is 3. The number of aromatic nitrogens is 3. The molecule has 3 aromatic rings. The topological polar surface area (TPSA) is 76.7 Å². The molecule has 5 heteroatoms. The summed E-state index contributed by atoms with van der Waals surface area (Å²) in [5.74, 6) is 0.535. The molecule has 0 aliphatic carbocycles. The van der Waals surface area contributed by atoms with E-state index in [1.54, 1.807) is 12.4 Å². The first-order valence-electron chi connectivity index (χ1n) is 7.00. The van der Waals surface area contributed by atoms with Crippen molar-refractivity contribution in [2.45, 2.75) is 13.8 Å². The molecule has 0 atom stereocenters. The van der Waals surface area contributed by atoms with E-state index in [4.69, 9.17) is 5.73 Å². The van der Waals surface area contributed by atoms with Gasteiger partial charge in [0.15, 0.2) is 0 Å². The van der Waals surface area contributed by atoms with Crippen LogP contribution in [0.2, 0.25) is 0 Å². The summed E-state index contributed by atoms with van der Waals surface area (Å²) in [6, 6.07) is 9.63. The van der Waals surface area contributed by atoms with Crippen LogP contribution in [-0.4, -0.2) is 15.0 Å². The zero-order valence-electron chi connectivity index (χ0n) is 12.5. The lowest BCUT2D eigenvalue weighted by Crippen LogP contribution is -2.00. The molecule has 3 N–H and O–H groups in total. The van der Waals surface area contributed by atoms with Crippen LogP contribution in [0.15, 0.2) is 48.9 Å². The Morgan fingerprint density at radius 1 is 1.05 bits per heavy atom. The van der Waals surface area contributed by atoms with E-state index in [-0.39, 0.29) is 0 Å². The molecule has 0 unspecified atom stereocenters. The largest absolute Gasteiger partial charge is 0.399 e. The quantitative estimate of drug-likeness (QED) is 0.722. The molecule has 1 aromatic carbocycles. The van der Waals surface area contributed by atoms with E-state index in [1.165, 1.54) is 0 Å². The highest BCUT2D eigenvalue weighted by atomic mass is 15.1. The zero-order valence-corrected chi connectivity index (χ0v) is 12.5. The zero-order chi connectivity index (χ0) is 15.5. The van der Waals surface area contributed by atoms with Crippen molar-refractivity contribution in [2.24, 2.45) is 0 Å². The Labute approximate surface area is 129 Å². The molecule has 110 valence electrons. The highest BCUT2D eigenvalue weighted by molar-refractivity contribution is 5.66. The van der Waals surface area contributed by atoms with Gasteiger partial charge < -0.3 is 11.1 Å². The number of hydrogen-bond acceptors (Lipinski definition) is 5. The van der Waals surface area contributed by atoms with Crippen molar-refractivity contribution >= 4 is 17.3 Å². The summed E-state index contributed by atoms with van der Waals surface area (Å²) in [6.45, 7) is 4.02. The Balaban J connectivity index is 1.93. The normalized spacial score (nSPS) is 10.5. The Morgan fingerprint density at radius 3 is 2.73 bits per heavy atom. The standard InChI is InChI=1S/C17H17N5/c1-11-7-13(10-19-9-11)15-5-6-20-17(21-15)22-16-8-14(18)4-3-12(16)2/h3-10H,18H2,1-2H3,(H,20,21,22). The van der Waals surface area contributed by atoms with Gasteiger partial charge in [0.2, 0.25) is 5.95 Å². The molecule has 0 spiro atoms. The summed E-state index contributed by atoms with van der Waals surface area (Å²) in [6.07, 6.45) is 5.35. The minimum atomic E-state index is 0.535. The van der Waals surface area contributed by atoms with E-state index in [1.807, 2.05) is 50.4 Å². The summed E-state index contributed by atoms with van der Waals surface area (Å²) in [4.78, 5) is 13.0. The minimum Gasteiger partial charge on any atom is -0.399 e. The van der Waals surface area contributed by atoms with Crippen LogP contribution in [0.5, 0.6) is 0 Å². The van der Waals surface area contributed by atoms with Gasteiger partial charge in [-0.25, -0.2) is 9.97 Å². The van der Waals surface area contributed by atoms with Crippen molar-refractivity contribution in [3.8, 4) is 11.3 Å². The Hall–Kier alpha value is -2.95. The van der Waals surface area contributed by atoms with Crippen LogP contribution in [0.4, 0.5) is 17.3 Å². The van der Waals surface area contributed by atoms with Crippen LogP contribution in [-0.2, 0) is 0 Å². The van der Waals surface area contributed by atoms with Gasteiger partial charge in [0.1, 0.15) is 0 Å². The maximum atomic E-state index is 5.83. The summed E-state index contributed by atoms with van der Waals surface area (Å²) in [5, 5.41) is 3.22. The molecule has 3 rings (SSSR count). The van der Waals surface area contributed by atoms with Gasteiger partial charge in [-0.15, -0.1) is 0 Å².